The number of aromatic nitrogens is 3. The molecule has 0 spiro atoms. The number of hydrogen-bond donors (Lipinski definition) is 2. The number of aryl methyl sites for hydroxylation is 1. The van der Waals surface area contributed by atoms with E-state index in [1.54, 1.807) is 24.4 Å². The van der Waals surface area contributed by atoms with E-state index >= 15 is 0 Å². The van der Waals surface area contributed by atoms with Crippen LogP contribution < -0.4 is 10.6 Å². The Morgan fingerprint density at radius 3 is 2.54 bits per heavy atom. The summed E-state index contributed by atoms with van der Waals surface area (Å²) in [6.45, 7) is 0. The molecule has 0 bridgehead atoms. The number of anilines is 2. The molecule has 2 N–H and O–H groups in total. The average molecular weight is 486 g/mol. The van der Waals surface area contributed by atoms with Gasteiger partial charge in [0.05, 0.1) is 10.6 Å². The van der Waals surface area contributed by atoms with Crippen LogP contribution in [0.3, 0.4) is 0 Å². The number of imidazole rings is 1. The number of amides is 2. The quantitative estimate of drug-likeness (QED) is 0.351. The molecule has 178 valence electrons. The molecule has 2 aromatic carbocycles. The Balaban J connectivity index is 1.36. The first-order valence-electron chi connectivity index (χ1n) is 11.8. The van der Waals surface area contributed by atoms with E-state index in [1.165, 1.54) is 17.8 Å². The molecule has 0 aliphatic heterocycles. The van der Waals surface area contributed by atoms with Gasteiger partial charge in [-0.05, 0) is 31.0 Å². The van der Waals surface area contributed by atoms with Crippen LogP contribution in [0, 0.1) is 5.92 Å². The maximum atomic E-state index is 13.1. The van der Waals surface area contributed by atoms with Gasteiger partial charge in [0.15, 0.2) is 11.0 Å². The molecule has 0 saturated heterocycles. The highest BCUT2D eigenvalue weighted by Gasteiger charge is 2.22. The van der Waals surface area contributed by atoms with Crippen molar-refractivity contribution >= 4 is 34.0 Å². The van der Waals surface area contributed by atoms with Gasteiger partial charge in [0.25, 0.3) is 5.91 Å². The molecule has 7 nitrogen and oxygen atoms in total. The van der Waals surface area contributed by atoms with E-state index in [-0.39, 0.29) is 17.7 Å². The van der Waals surface area contributed by atoms with Crippen LogP contribution in [0.2, 0.25) is 0 Å². The van der Waals surface area contributed by atoms with E-state index in [1.807, 2.05) is 54.2 Å². The van der Waals surface area contributed by atoms with Crippen molar-refractivity contribution in [2.24, 2.45) is 13.0 Å². The van der Waals surface area contributed by atoms with Crippen molar-refractivity contribution in [2.45, 2.75) is 32.1 Å². The Bertz CT molecular complexity index is 1340. The van der Waals surface area contributed by atoms with Crippen molar-refractivity contribution in [2.75, 3.05) is 10.6 Å². The predicted octanol–water partition coefficient (Wildman–Crippen LogP) is 5.98. The largest absolute Gasteiger partial charge is 0.333 e. The second-order valence-corrected chi connectivity index (χ2v) is 9.78. The number of rotatable bonds is 6. The highest BCUT2D eigenvalue weighted by Crippen LogP contribution is 2.38. The lowest BCUT2D eigenvalue weighted by molar-refractivity contribution is -0.120. The number of nitrogens with one attached hydrogen (secondary N) is 2. The van der Waals surface area contributed by atoms with Gasteiger partial charge in [-0.2, -0.15) is 0 Å². The molecule has 8 heteroatoms. The Labute approximate surface area is 208 Å². The minimum Gasteiger partial charge on any atom is -0.333 e. The van der Waals surface area contributed by atoms with Crippen LogP contribution in [0.4, 0.5) is 10.8 Å². The van der Waals surface area contributed by atoms with E-state index in [9.17, 15) is 9.59 Å². The third kappa shape index (κ3) is 5.17. The van der Waals surface area contributed by atoms with E-state index < -0.39 is 0 Å². The van der Waals surface area contributed by atoms with Gasteiger partial charge in [-0.15, -0.1) is 0 Å². The Kier molecular flexibility index (Phi) is 6.72. The minimum absolute atomic E-state index is 0.0365. The highest BCUT2D eigenvalue weighted by molar-refractivity contribution is 7.19. The lowest BCUT2D eigenvalue weighted by Gasteiger charge is -2.20. The summed E-state index contributed by atoms with van der Waals surface area (Å²) in [5, 5.41) is 6.41. The van der Waals surface area contributed by atoms with Crippen molar-refractivity contribution in [3.63, 3.8) is 0 Å². The first-order chi connectivity index (χ1) is 17.1. The summed E-state index contributed by atoms with van der Waals surface area (Å²) in [7, 11) is 1.93. The van der Waals surface area contributed by atoms with Crippen LogP contribution in [0.25, 0.3) is 22.0 Å². The molecule has 2 amide bonds. The molecule has 35 heavy (non-hydrogen) atoms. The van der Waals surface area contributed by atoms with E-state index in [4.69, 9.17) is 4.98 Å². The first kappa shape index (κ1) is 23.0. The normalized spacial score (nSPS) is 14.0. The van der Waals surface area contributed by atoms with Gasteiger partial charge >= 0.3 is 0 Å². The van der Waals surface area contributed by atoms with Gasteiger partial charge in [-0.25, -0.2) is 9.97 Å². The van der Waals surface area contributed by atoms with Crippen LogP contribution in [-0.4, -0.2) is 26.3 Å². The van der Waals surface area contributed by atoms with Gasteiger partial charge < -0.3 is 9.88 Å². The summed E-state index contributed by atoms with van der Waals surface area (Å²) in [4.78, 5) is 35.8. The van der Waals surface area contributed by atoms with Crippen molar-refractivity contribution in [1.82, 2.24) is 14.5 Å². The van der Waals surface area contributed by atoms with Crippen molar-refractivity contribution in [1.29, 1.82) is 0 Å². The summed E-state index contributed by atoms with van der Waals surface area (Å²) in [6, 6.07) is 16.9. The fourth-order valence-electron chi connectivity index (χ4n) is 4.42. The van der Waals surface area contributed by atoms with Gasteiger partial charge in [0.1, 0.15) is 0 Å². The van der Waals surface area contributed by atoms with E-state index in [0.717, 1.165) is 47.6 Å². The molecular weight excluding hydrogens is 458 g/mol. The molecule has 1 aliphatic rings. The zero-order valence-electron chi connectivity index (χ0n) is 19.5. The molecule has 1 aliphatic carbocycles. The monoisotopic (exact) mass is 485 g/mol. The van der Waals surface area contributed by atoms with Crippen LogP contribution in [0.5, 0.6) is 0 Å². The molecule has 1 saturated carbocycles. The molecule has 4 aromatic rings. The van der Waals surface area contributed by atoms with Gasteiger partial charge in [0.2, 0.25) is 5.91 Å². The molecule has 0 radical (unpaired) electrons. The summed E-state index contributed by atoms with van der Waals surface area (Å²) >= 11 is 1.39. The second-order valence-electron chi connectivity index (χ2n) is 8.78. The first-order valence-corrected chi connectivity index (χ1v) is 12.7. The van der Waals surface area contributed by atoms with Crippen molar-refractivity contribution in [3.05, 3.63) is 72.6 Å². The lowest BCUT2D eigenvalue weighted by atomic mass is 9.88. The van der Waals surface area contributed by atoms with E-state index in [0.29, 0.717) is 16.4 Å². The second kappa shape index (κ2) is 10.2. The third-order valence-electron chi connectivity index (χ3n) is 6.29. The SMILES string of the molecule is Cn1ccnc1-c1sc(NC(=O)c2cccc(NC(=O)C3CCCCC3)c2)nc1-c1ccccc1. The van der Waals surface area contributed by atoms with Crippen LogP contribution >= 0.6 is 11.3 Å². The Hall–Kier alpha value is -3.78. The molecule has 5 rings (SSSR count). The number of carbonyl (C=O) groups is 2. The number of thiazole rings is 1. The van der Waals surface area contributed by atoms with Gasteiger partial charge in [-0.3, -0.25) is 14.9 Å². The Morgan fingerprint density at radius 1 is 1.00 bits per heavy atom. The molecule has 0 atom stereocenters. The summed E-state index contributed by atoms with van der Waals surface area (Å²) in [6.07, 6.45) is 8.88. The zero-order chi connectivity index (χ0) is 24.2. The summed E-state index contributed by atoms with van der Waals surface area (Å²) < 4.78 is 1.93. The maximum Gasteiger partial charge on any atom is 0.257 e. The summed E-state index contributed by atoms with van der Waals surface area (Å²) in [5.74, 6) is 0.597. The standard InChI is InChI=1S/C27H27N5O2S/c1-32-16-15-28-24(32)23-22(18-9-4-2-5-10-18)30-27(35-23)31-26(34)20-13-8-14-21(17-20)29-25(33)19-11-6-3-7-12-19/h2,4-5,8-10,13-17,19H,3,6-7,11-12H2,1H3,(H,29,33)(H,30,31,34). The molecule has 0 unspecified atom stereocenters. The molecule has 2 heterocycles. The highest BCUT2D eigenvalue weighted by atomic mass is 32.1. The van der Waals surface area contributed by atoms with Crippen LogP contribution in [0.1, 0.15) is 42.5 Å². The van der Waals surface area contributed by atoms with Gasteiger partial charge in [0, 0.05) is 42.2 Å². The number of benzene rings is 2. The fourth-order valence-corrected chi connectivity index (χ4v) is 5.44. The number of hydrogen-bond acceptors (Lipinski definition) is 5. The zero-order valence-corrected chi connectivity index (χ0v) is 20.3. The number of carbonyl (C=O) groups excluding carboxylic acids is 2. The summed E-state index contributed by atoms with van der Waals surface area (Å²) in [5.41, 5.74) is 2.82. The molecule has 2 aromatic heterocycles. The minimum atomic E-state index is -0.279. The molecule has 1 fully saturated rings. The molecular formula is C27H27N5O2S. The third-order valence-corrected chi connectivity index (χ3v) is 7.25. The van der Waals surface area contributed by atoms with Crippen molar-refractivity contribution < 1.29 is 9.59 Å². The predicted molar refractivity (Wildman–Crippen MR) is 139 cm³/mol. The van der Waals surface area contributed by atoms with Gasteiger partial charge in [-0.1, -0.05) is 67.0 Å². The van der Waals surface area contributed by atoms with E-state index in [2.05, 4.69) is 15.6 Å². The smallest absolute Gasteiger partial charge is 0.257 e. The number of nitrogens with zero attached hydrogens (tertiary/aromatic N) is 3. The Morgan fingerprint density at radius 2 is 1.80 bits per heavy atom. The maximum absolute atomic E-state index is 13.1. The topological polar surface area (TPSA) is 88.9 Å². The average Bonchev–Trinajstić information content (AvgIpc) is 3.51. The van der Waals surface area contributed by atoms with Crippen LogP contribution in [-0.2, 0) is 11.8 Å². The fraction of sp³-hybridized carbons (Fsp3) is 0.259. The lowest BCUT2D eigenvalue weighted by Crippen LogP contribution is -2.24. The van der Waals surface area contributed by atoms with Crippen molar-refractivity contribution in [3.8, 4) is 22.0 Å². The van der Waals surface area contributed by atoms with Crippen LogP contribution in [0.15, 0.2) is 67.0 Å².